The van der Waals surface area contributed by atoms with Crippen LogP contribution in [0.1, 0.15) is 119 Å². The molecule has 0 aromatic carbocycles. The Morgan fingerprint density at radius 3 is 0.943 bits per heavy atom. The molecule has 0 saturated heterocycles. The molecule has 0 fully saturated rings. The Morgan fingerprint density at radius 2 is 0.660 bits per heavy atom. The molecule has 4 heterocycles. The van der Waals surface area contributed by atoms with Crippen LogP contribution in [0.3, 0.4) is 0 Å². The van der Waals surface area contributed by atoms with Gasteiger partial charge in [-0.3, -0.25) is 0 Å². The first-order valence-electron chi connectivity index (χ1n) is 21.5. The van der Waals surface area contributed by atoms with E-state index in [2.05, 4.69) is 139 Å². The third kappa shape index (κ3) is 12.4. The van der Waals surface area contributed by atoms with E-state index in [1.165, 1.54) is 106 Å². The van der Waals surface area contributed by atoms with E-state index in [4.69, 9.17) is 4.12 Å². The first-order chi connectivity index (χ1) is 25.4. The Labute approximate surface area is 353 Å². The summed E-state index contributed by atoms with van der Waals surface area (Å²) in [5.41, 5.74) is 0. The Balaban J connectivity index is 1.53. The van der Waals surface area contributed by atoms with Gasteiger partial charge in [-0.25, -0.2) is 0 Å². The van der Waals surface area contributed by atoms with Crippen LogP contribution < -0.4 is 14.8 Å². The molecule has 0 saturated carbocycles. The molecular weight excluding hydrogens is 966 g/mol. The average Bonchev–Trinajstić information content (AvgIpc) is 3.97. The van der Waals surface area contributed by atoms with E-state index in [1.807, 2.05) is 28.5 Å². The van der Waals surface area contributed by atoms with Gasteiger partial charge in [0.05, 0.1) is 0 Å². The molecule has 4 aromatic rings. The number of unbranched alkanes of at least 4 members (excludes halogenated alkanes) is 6. The number of rotatable bonds is 26. The van der Waals surface area contributed by atoms with Gasteiger partial charge in [0.25, 0.3) is 0 Å². The van der Waals surface area contributed by atoms with Crippen molar-refractivity contribution in [2.75, 3.05) is 0 Å². The molecule has 0 atom stereocenters. The SMILES string of the molecule is CCC[CH2][Sn]([CH2]CCC)([CH2]CCC)[c]1ccc(-c2ccc([Si](C)(C)O[Si](C)(C)c3ccc(-c4cc[c]([Sn]([CH2]CCC)([CH2]CCC)[CH2]CCC)s4)s3)s2)s1. The normalized spacial score (nSPS) is 13.0. The quantitative estimate of drug-likeness (QED) is 0.0570. The summed E-state index contributed by atoms with van der Waals surface area (Å²) in [6.45, 7) is 24.2. The molecule has 0 unspecified atom stereocenters. The van der Waals surface area contributed by atoms with Crippen molar-refractivity contribution < 1.29 is 4.12 Å². The van der Waals surface area contributed by atoms with E-state index in [-0.39, 0.29) is 0 Å². The van der Waals surface area contributed by atoms with Crippen molar-refractivity contribution >= 4 is 114 Å². The van der Waals surface area contributed by atoms with E-state index in [0.717, 1.165) is 0 Å². The number of thiophene rings is 4. The van der Waals surface area contributed by atoms with Gasteiger partial charge >= 0.3 is 357 Å². The monoisotopic (exact) mass is 1040 g/mol. The zero-order valence-corrected chi connectivity index (χ0v) is 46.4. The van der Waals surface area contributed by atoms with Crippen molar-refractivity contribution in [2.45, 2.75) is 171 Å². The standard InChI is InChI=1S/C20H20OS4Si2.6C4H9.2Sn/c1-26(2,19-11-9-17(24-19)15-7-5-13-22-15)21-27(3,4)20-12-10-18(25-20)16-8-6-14-23-16;6*1-3-4-2;;/h5-12H,1-4H3;6*1,3-4H2,2H3;;. The van der Waals surface area contributed by atoms with Gasteiger partial charge < -0.3 is 0 Å². The van der Waals surface area contributed by atoms with Crippen molar-refractivity contribution in [3.63, 3.8) is 0 Å². The summed E-state index contributed by atoms with van der Waals surface area (Å²) in [6, 6.07) is 19.9. The molecule has 4 aromatic heterocycles. The molecular formula is C44H74OS4Si2Sn2. The van der Waals surface area contributed by atoms with Gasteiger partial charge in [0, 0.05) is 0 Å². The molecule has 0 spiro atoms. The topological polar surface area (TPSA) is 9.23 Å². The molecule has 0 bridgehead atoms. The van der Waals surface area contributed by atoms with Crippen molar-refractivity contribution in [3.8, 4) is 19.5 Å². The van der Waals surface area contributed by atoms with Crippen molar-refractivity contribution in [1.82, 2.24) is 0 Å². The molecule has 4 rings (SSSR count). The van der Waals surface area contributed by atoms with Crippen molar-refractivity contribution in [2.24, 2.45) is 0 Å². The second-order valence-electron chi connectivity index (χ2n) is 17.0. The maximum atomic E-state index is 7.41. The summed E-state index contributed by atoms with van der Waals surface area (Å²) in [5, 5.41) is 0. The van der Waals surface area contributed by atoms with Gasteiger partial charge in [-0.1, -0.05) is 0 Å². The molecule has 1 nitrogen and oxygen atoms in total. The van der Waals surface area contributed by atoms with Gasteiger partial charge in [-0.05, 0) is 0 Å². The Kier molecular flexibility index (Phi) is 19.5. The molecule has 0 aliphatic carbocycles. The fourth-order valence-electron chi connectivity index (χ4n) is 8.42. The third-order valence-corrected chi connectivity index (χ3v) is 63.0. The Bertz CT molecular complexity index is 1470. The molecule has 0 aliphatic rings. The third-order valence-electron chi connectivity index (χ3n) is 11.7. The second-order valence-corrected chi connectivity index (χ2v) is 58.3. The van der Waals surface area contributed by atoms with Crippen LogP contribution in [0.5, 0.6) is 0 Å². The van der Waals surface area contributed by atoms with Crippen LogP contribution in [-0.4, -0.2) is 53.4 Å². The molecule has 0 amide bonds. The Morgan fingerprint density at radius 1 is 0.396 bits per heavy atom. The van der Waals surface area contributed by atoms with Gasteiger partial charge in [0.2, 0.25) is 0 Å². The predicted molar refractivity (Wildman–Crippen MR) is 260 cm³/mol. The second kappa shape index (κ2) is 22.2. The van der Waals surface area contributed by atoms with E-state index in [9.17, 15) is 0 Å². The molecule has 9 heteroatoms. The summed E-state index contributed by atoms with van der Waals surface area (Å²) in [4.78, 5) is 5.95. The zero-order valence-electron chi connectivity index (χ0n) is 35.4. The minimum absolute atomic E-state index is 1.34. The first kappa shape index (κ1) is 46.5. The predicted octanol–water partition coefficient (Wildman–Crippen LogP) is 14.9. The van der Waals surface area contributed by atoms with Gasteiger partial charge in [-0.2, -0.15) is 0 Å². The fraction of sp³-hybridized carbons (Fsp3) is 0.636. The summed E-state index contributed by atoms with van der Waals surface area (Å²) in [7, 11) is -4.21. The summed E-state index contributed by atoms with van der Waals surface area (Å²) in [5.74, 6) is 0. The van der Waals surface area contributed by atoms with Gasteiger partial charge in [-0.15, -0.1) is 0 Å². The van der Waals surface area contributed by atoms with E-state index >= 15 is 0 Å². The van der Waals surface area contributed by atoms with Crippen molar-refractivity contribution in [3.05, 3.63) is 48.5 Å². The molecule has 0 radical (unpaired) electrons. The van der Waals surface area contributed by atoms with Crippen LogP contribution in [0, 0.1) is 0 Å². The summed E-state index contributed by atoms with van der Waals surface area (Å²) < 4.78 is 23.4. The van der Waals surface area contributed by atoms with Crippen molar-refractivity contribution in [1.29, 1.82) is 0 Å². The van der Waals surface area contributed by atoms with Crippen LogP contribution in [0.15, 0.2) is 48.5 Å². The van der Waals surface area contributed by atoms with Gasteiger partial charge in [0.1, 0.15) is 0 Å². The van der Waals surface area contributed by atoms with Crippen LogP contribution >= 0.6 is 45.3 Å². The van der Waals surface area contributed by atoms with E-state index in [0.29, 0.717) is 0 Å². The summed E-state index contributed by atoms with van der Waals surface area (Å²) in [6.07, 6.45) is 16.6. The average molecular weight is 1040 g/mol. The minimum atomic E-state index is -2.41. The maximum absolute atomic E-state index is 7.41. The van der Waals surface area contributed by atoms with Crippen LogP contribution in [0.2, 0.25) is 52.8 Å². The number of hydrogen-bond acceptors (Lipinski definition) is 5. The van der Waals surface area contributed by atoms with Crippen LogP contribution in [-0.2, 0) is 4.12 Å². The van der Waals surface area contributed by atoms with Crippen LogP contribution in [0.25, 0.3) is 19.5 Å². The fourth-order valence-corrected chi connectivity index (χ4v) is 60.7. The number of hydrogen-bond donors (Lipinski definition) is 0. The molecule has 296 valence electrons. The zero-order chi connectivity index (χ0) is 38.5. The van der Waals surface area contributed by atoms with E-state index < -0.39 is 53.4 Å². The molecule has 0 N–H and O–H groups in total. The van der Waals surface area contributed by atoms with Gasteiger partial charge in [0.15, 0.2) is 0 Å². The Hall–Kier alpha value is 0.791. The molecule has 0 aliphatic heterocycles. The molecule has 53 heavy (non-hydrogen) atoms. The van der Waals surface area contributed by atoms with Crippen LogP contribution in [0.4, 0.5) is 0 Å². The van der Waals surface area contributed by atoms with E-state index in [1.54, 1.807) is 26.6 Å². The first-order valence-corrected chi connectivity index (χ1v) is 45.6. The summed E-state index contributed by atoms with van der Waals surface area (Å²) >= 11 is 3.61.